The fraction of sp³-hybridized carbons (Fsp3) is 0.263. The molecule has 1 N–H and O–H groups in total. The van der Waals surface area contributed by atoms with E-state index in [1.54, 1.807) is 6.07 Å². The molecule has 0 aromatic heterocycles. The average molecular weight is 439 g/mol. The lowest BCUT2D eigenvalue weighted by atomic mass is 10.0. The monoisotopic (exact) mass is 439 g/mol. The van der Waals surface area contributed by atoms with Gasteiger partial charge in [-0.2, -0.15) is 0 Å². The van der Waals surface area contributed by atoms with Gasteiger partial charge in [-0.15, -0.1) is 11.8 Å². The first-order valence-corrected chi connectivity index (χ1v) is 11.0. The van der Waals surface area contributed by atoms with Gasteiger partial charge in [0.05, 0.1) is 30.2 Å². The molecule has 0 aliphatic carbocycles. The Morgan fingerprint density at radius 2 is 1.72 bits per heavy atom. The van der Waals surface area contributed by atoms with Crippen LogP contribution in [-0.4, -0.2) is 40.3 Å². The third-order valence-electron chi connectivity index (χ3n) is 4.38. The van der Waals surface area contributed by atoms with E-state index in [0.29, 0.717) is 22.6 Å². The number of sulfonamides is 1. The van der Waals surface area contributed by atoms with Gasteiger partial charge in [-0.1, -0.05) is 12.1 Å². The molecule has 10 heteroatoms. The number of halogens is 1. The zero-order valence-electron chi connectivity index (χ0n) is 15.6. The molecule has 1 aliphatic heterocycles. The number of rotatable bonds is 5. The molecular weight excluding hydrogens is 421 g/mol. The van der Waals surface area contributed by atoms with Gasteiger partial charge < -0.3 is 9.47 Å². The van der Waals surface area contributed by atoms with Crippen LogP contribution in [0.3, 0.4) is 0 Å². The summed E-state index contributed by atoms with van der Waals surface area (Å²) in [5.74, 6) is -1.46. The molecule has 2 aromatic rings. The molecule has 0 radical (unpaired) electrons. The van der Waals surface area contributed by atoms with E-state index in [9.17, 15) is 22.4 Å². The summed E-state index contributed by atoms with van der Waals surface area (Å²) >= 11 is 1.33. The molecule has 0 unspecified atom stereocenters. The van der Waals surface area contributed by atoms with Crippen LogP contribution in [0, 0.1) is 5.82 Å². The molecule has 1 heterocycles. The molecule has 3 rings (SSSR count). The highest BCUT2D eigenvalue weighted by Crippen LogP contribution is 2.38. The van der Waals surface area contributed by atoms with Crippen molar-refractivity contribution in [3.05, 3.63) is 58.9 Å². The van der Waals surface area contributed by atoms with Crippen molar-refractivity contribution < 1.29 is 31.9 Å². The van der Waals surface area contributed by atoms with Crippen molar-refractivity contribution in [3.63, 3.8) is 0 Å². The molecule has 154 valence electrons. The van der Waals surface area contributed by atoms with Crippen molar-refractivity contribution in [2.45, 2.75) is 22.3 Å². The summed E-state index contributed by atoms with van der Waals surface area (Å²) in [5.41, 5.74) is 0.324. The topological polar surface area (TPSA) is 98.8 Å². The van der Waals surface area contributed by atoms with Gasteiger partial charge in [0.2, 0.25) is 10.0 Å². The normalized spacial score (nSPS) is 16.0. The number of thioether (sulfide) groups is 1. The van der Waals surface area contributed by atoms with Crippen LogP contribution in [0.15, 0.2) is 46.2 Å². The minimum atomic E-state index is -4.14. The van der Waals surface area contributed by atoms with Crippen molar-refractivity contribution in [2.75, 3.05) is 20.0 Å². The van der Waals surface area contributed by atoms with Crippen molar-refractivity contribution in [1.82, 2.24) is 4.72 Å². The van der Waals surface area contributed by atoms with Crippen molar-refractivity contribution in [3.8, 4) is 0 Å². The number of hydrogen-bond donors (Lipinski definition) is 1. The van der Waals surface area contributed by atoms with Gasteiger partial charge in [0.25, 0.3) is 0 Å². The molecule has 0 saturated heterocycles. The molecule has 1 aliphatic rings. The first-order chi connectivity index (χ1) is 13.8. The van der Waals surface area contributed by atoms with Gasteiger partial charge in [0.1, 0.15) is 5.82 Å². The second kappa shape index (κ2) is 8.52. The van der Waals surface area contributed by atoms with Gasteiger partial charge in [-0.3, -0.25) is 0 Å². The van der Waals surface area contributed by atoms with Crippen LogP contribution < -0.4 is 4.72 Å². The van der Waals surface area contributed by atoms with Crippen LogP contribution in [-0.2, 0) is 19.5 Å². The number of carbonyl (C=O) groups excluding carboxylic acids is 2. The lowest BCUT2D eigenvalue weighted by Crippen LogP contribution is -2.31. The summed E-state index contributed by atoms with van der Waals surface area (Å²) in [6.07, 6.45) is 0.459. The van der Waals surface area contributed by atoms with E-state index in [1.165, 1.54) is 30.0 Å². The number of hydrogen-bond acceptors (Lipinski definition) is 7. The highest BCUT2D eigenvalue weighted by Gasteiger charge is 2.29. The van der Waals surface area contributed by atoms with Gasteiger partial charge in [0.15, 0.2) is 0 Å². The Bertz CT molecular complexity index is 1040. The molecular formula is C19H18FNO6S2. The standard InChI is InChI=1S/C19H18FNO6S2/c1-26-18(22)11-8-12(19(23)27-2)10-13(9-11)29(24,25)21-16-6-7-28-17-14(16)4-3-5-15(17)20/h3-5,8-10,16,21H,6-7H2,1-2H3/t16-/m0/s1. The summed E-state index contributed by atoms with van der Waals surface area (Å²) in [6, 6.07) is 7.30. The number of ether oxygens (including phenoxy) is 2. The van der Waals surface area contributed by atoms with E-state index >= 15 is 0 Å². The Balaban J connectivity index is 2.01. The number of methoxy groups -OCH3 is 2. The molecule has 0 fully saturated rings. The van der Waals surface area contributed by atoms with Gasteiger partial charge in [-0.05, 0) is 42.0 Å². The molecule has 0 amide bonds. The van der Waals surface area contributed by atoms with Gasteiger partial charge in [0, 0.05) is 10.9 Å². The largest absolute Gasteiger partial charge is 0.465 e. The molecule has 2 aromatic carbocycles. The Hall–Kier alpha value is -2.43. The molecule has 1 atom stereocenters. The van der Waals surface area contributed by atoms with Crippen LogP contribution >= 0.6 is 11.8 Å². The Labute approximate surface area is 171 Å². The number of carbonyl (C=O) groups is 2. The smallest absolute Gasteiger partial charge is 0.337 e. The molecule has 0 bridgehead atoms. The fourth-order valence-electron chi connectivity index (χ4n) is 2.99. The van der Waals surface area contributed by atoms with Crippen LogP contribution in [0.2, 0.25) is 0 Å². The van der Waals surface area contributed by atoms with Crippen LogP contribution in [0.4, 0.5) is 4.39 Å². The summed E-state index contributed by atoms with van der Waals surface area (Å²) in [5, 5.41) is 0. The van der Waals surface area contributed by atoms with Crippen molar-refractivity contribution >= 4 is 33.7 Å². The van der Waals surface area contributed by atoms with E-state index in [0.717, 1.165) is 26.4 Å². The Kier molecular flexibility index (Phi) is 6.25. The number of fused-ring (bicyclic) bond motifs is 1. The SMILES string of the molecule is COC(=O)c1cc(C(=O)OC)cc(S(=O)(=O)N[C@H]2CCSc3c(F)cccc32)c1. The van der Waals surface area contributed by atoms with Gasteiger partial charge >= 0.3 is 11.9 Å². The predicted molar refractivity (Wildman–Crippen MR) is 104 cm³/mol. The third-order valence-corrected chi connectivity index (χ3v) is 6.99. The Morgan fingerprint density at radius 1 is 1.10 bits per heavy atom. The maximum absolute atomic E-state index is 14.1. The fourth-order valence-corrected chi connectivity index (χ4v) is 5.45. The van der Waals surface area contributed by atoms with E-state index in [1.807, 2.05) is 0 Å². The van der Waals surface area contributed by atoms with E-state index in [4.69, 9.17) is 0 Å². The molecule has 0 spiro atoms. The minimum Gasteiger partial charge on any atom is -0.465 e. The van der Waals surface area contributed by atoms with E-state index < -0.39 is 33.8 Å². The molecule has 0 saturated carbocycles. The lowest BCUT2D eigenvalue weighted by Gasteiger charge is -2.26. The second-order valence-electron chi connectivity index (χ2n) is 6.20. The number of benzene rings is 2. The summed E-state index contributed by atoms with van der Waals surface area (Å²) in [7, 11) is -1.85. The van der Waals surface area contributed by atoms with Crippen LogP contribution in [0.5, 0.6) is 0 Å². The van der Waals surface area contributed by atoms with Crippen LogP contribution in [0.25, 0.3) is 0 Å². The summed E-state index contributed by atoms with van der Waals surface area (Å²) in [6.45, 7) is 0. The lowest BCUT2D eigenvalue weighted by molar-refractivity contribution is 0.0598. The van der Waals surface area contributed by atoms with Gasteiger partial charge in [-0.25, -0.2) is 27.1 Å². The number of esters is 2. The van der Waals surface area contributed by atoms with Crippen LogP contribution in [0.1, 0.15) is 38.7 Å². The third kappa shape index (κ3) is 4.44. The maximum atomic E-state index is 14.1. The highest BCUT2D eigenvalue weighted by molar-refractivity contribution is 7.99. The zero-order valence-corrected chi connectivity index (χ0v) is 17.2. The second-order valence-corrected chi connectivity index (χ2v) is 9.02. The first-order valence-electron chi connectivity index (χ1n) is 8.52. The Morgan fingerprint density at radius 3 is 2.31 bits per heavy atom. The zero-order chi connectivity index (χ0) is 21.2. The number of nitrogens with one attached hydrogen (secondary N) is 1. The molecule has 7 nitrogen and oxygen atoms in total. The summed E-state index contributed by atoms with van der Waals surface area (Å²) < 4.78 is 51.9. The molecule has 29 heavy (non-hydrogen) atoms. The minimum absolute atomic E-state index is 0.110. The summed E-state index contributed by atoms with van der Waals surface area (Å²) in [4.78, 5) is 23.9. The van der Waals surface area contributed by atoms with Crippen molar-refractivity contribution in [2.24, 2.45) is 0 Å². The maximum Gasteiger partial charge on any atom is 0.337 e. The van der Waals surface area contributed by atoms with Crippen molar-refractivity contribution in [1.29, 1.82) is 0 Å². The van der Waals surface area contributed by atoms with E-state index in [2.05, 4.69) is 14.2 Å². The average Bonchev–Trinajstić information content (AvgIpc) is 2.72. The predicted octanol–water partition coefficient (Wildman–Crippen LogP) is 2.91. The quantitative estimate of drug-likeness (QED) is 0.715. The first kappa shape index (κ1) is 21.3. The highest BCUT2D eigenvalue weighted by atomic mass is 32.2. The van der Waals surface area contributed by atoms with E-state index in [-0.39, 0.29) is 16.0 Å².